The Kier molecular flexibility index (Phi) is 6.12. The third-order valence-corrected chi connectivity index (χ3v) is 2.89. The second-order valence-corrected chi connectivity index (χ2v) is 5.97. The van der Waals surface area contributed by atoms with Gasteiger partial charge in [0.05, 0.1) is 6.54 Å². The average Bonchev–Trinajstić information content (AvgIpc) is 2.80. The molecule has 0 aromatic rings. The first-order valence-corrected chi connectivity index (χ1v) is 7.26. The number of rotatable bonds is 4. The van der Waals surface area contributed by atoms with Crippen molar-refractivity contribution in [3.8, 4) is 0 Å². The van der Waals surface area contributed by atoms with Gasteiger partial charge < -0.3 is 15.5 Å². The molecule has 0 spiro atoms. The summed E-state index contributed by atoms with van der Waals surface area (Å²) in [5.41, 5.74) is -0.0278. The normalized spacial score (nSPS) is 16.6. The van der Waals surface area contributed by atoms with Crippen molar-refractivity contribution in [1.82, 2.24) is 15.5 Å². The third kappa shape index (κ3) is 6.45. The number of nitrogens with one attached hydrogen (secondary N) is 2. The van der Waals surface area contributed by atoms with Gasteiger partial charge >= 0.3 is 0 Å². The number of carbonyl (C=O) groups excluding carboxylic acids is 1. The zero-order valence-corrected chi connectivity index (χ0v) is 12.8. The highest BCUT2D eigenvalue weighted by molar-refractivity contribution is 5.81. The molecule has 1 heterocycles. The van der Waals surface area contributed by atoms with Gasteiger partial charge in [0, 0.05) is 31.6 Å². The molecule has 19 heavy (non-hydrogen) atoms. The maximum absolute atomic E-state index is 11.9. The van der Waals surface area contributed by atoms with Gasteiger partial charge in [0.15, 0.2) is 5.96 Å². The standard InChI is InChI=1S/C14H28N4O/c1-5-15-13(17-14(2,3)4)16-9-8-12(19)18-10-6-7-11-18/h5-11H2,1-4H3,(H2,15,16,17). The fraction of sp³-hybridized carbons (Fsp3) is 0.857. The topological polar surface area (TPSA) is 56.7 Å². The van der Waals surface area contributed by atoms with Gasteiger partial charge in [-0.25, -0.2) is 0 Å². The van der Waals surface area contributed by atoms with Crippen molar-refractivity contribution in [3.63, 3.8) is 0 Å². The van der Waals surface area contributed by atoms with Crippen LogP contribution < -0.4 is 10.6 Å². The van der Waals surface area contributed by atoms with Crippen LogP contribution in [0.15, 0.2) is 4.99 Å². The van der Waals surface area contributed by atoms with Gasteiger partial charge in [-0.15, -0.1) is 0 Å². The van der Waals surface area contributed by atoms with Crippen LogP contribution in [-0.2, 0) is 4.79 Å². The maximum Gasteiger partial charge on any atom is 0.224 e. The first-order valence-electron chi connectivity index (χ1n) is 7.26. The molecule has 0 aliphatic carbocycles. The first kappa shape index (κ1) is 15.8. The highest BCUT2D eigenvalue weighted by Gasteiger charge is 2.17. The Morgan fingerprint density at radius 2 is 1.89 bits per heavy atom. The van der Waals surface area contributed by atoms with E-state index in [1.165, 1.54) is 0 Å². The Morgan fingerprint density at radius 1 is 1.26 bits per heavy atom. The molecule has 0 radical (unpaired) electrons. The third-order valence-electron chi connectivity index (χ3n) is 2.89. The highest BCUT2D eigenvalue weighted by atomic mass is 16.2. The number of aliphatic imine (C=N–C) groups is 1. The number of nitrogens with zero attached hydrogens (tertiary/aromatic N) is 2. The number of carbonyl (C=O) groups is 1. The lowest BCUT2D eigenvalue weighted by Gasteiger charge is -2.23. The monoisotopic (exact) mass is 268 g/mol. The molecule has 0 aromatic carbocycles. The van der Waals surface area contributed by atoms with E-state index < -0.39 is 0 Å². The zero-order chi connectivity index (χ0) is 14.3. The predicted molar refractivity (Wildman–Crippen MR) is 79.3 cm³/mol. The molecule has 1 amide bonds. The van der Waals surface area contributed by atoms with E-state index in [4.69, 9.17) is 0 Å². The molecule has 0 saturated carbocycles. The summed E-state index contributed by atoms with van der Waals surface area (Å²) in [6.45, 7) is 11.5. The lowest BCUT2D eigenvalue weighted by atomic mass is 10.1. The Bertz CT molecular complexity index is 314. The maximum atomic E-state index is 11.9. The predicted octanol–water partition coefficient (Wildman–Crippen LogP) is 1.35. The van der Waals surface area contributed by atoms with Crippen LogP contribution in [0.5, 0.6) is 0 Å². The molecule has 1 rings (SSSR count). The van der Waals surface area contributed by atoms with Crippen LogP contribution in [0, 0.1) is 0 Å². The summed E-state index contributed by atoms with van der Waals surface area (Å²) in [6.07, 6.45) is 2.78. The van der Waals surface area contributed by atoms with E-state index in [9.17, 15) is 4.79 Å². The quantitative estimate of drug-likeness (QED) is 0.598. The number of hydrogen-bond donors (Lipinski definition) is 2. The second-order valence-electron chi connectivity index (χ2n) is 5.97. The van der Waals surface area contributed by atoms with Crippen LogP contribution in [0.4, 0.5) is 0 Å². The van der Waals surface area contributed by atoms with Gasteiger partial charge in [-0.05, 0) is 40.5 Å². The molecule has 0 unspecified atom stereocenters. The zero-order valence-electron chi connectivity index (χ0n) is 12.8. The second kappa shape index (κ2) is 7.36. The Hall–Kier alpha value is -1.26. The minimum absolute atomic E-state index is 0.0278. The van der Waals surface area contributed by atoms with Gasteiger partial charge in [0.1, 0.15) is 0 Å². The van der Waals surface area contributed by atoms with Crippen molar-refractivity contribution >= 4 is 11.9 Å². The van der Waals surface area contributed by atoms with E-state index in [2.05, 4.69) is 36.4 Å². The van der Waals surface area contributed by atoms with E-state index >= 15 is 0 Å². The van der Waals surface area contributed by atoms with E-state index in [0.717, 1.165) is 38.4 Å². The molecular formula is C14H28N4O. The number of amides is 1. The minimum atomic E-state index is -0.0278. The van der Waals surface area contributed by atoms with Gasteiger partial charge in [-0.1, -0.05) is 0 Å². The number of guanidine groups is 1. The molecule has 5 heteroatoms. The van der Waals surface area contributed by atoms with Gasteiger partial charge in [0.25, 0.3) is 0 Å². The van der Waals surface area contributed by atoms with E-state index in [1.54, 1.807) is 0 Å². The van der Waals surface area contributed by atoms with E-state index in [-0.39, 0.29) is 11.4 Å². The fourth-order valence-corrected chi connectivity index (χ4v) is 2.05. The summed E-state index contributed by atoms with van der Waals surface area (Å²) in [4.78, 5) is 18.3. The van der Waals surface area contributed by atoms with Crippen molar-refractivity contribution < 1.29 is 4.79 Å². The number of likely N-dealkylation sites (tertiary alicyclic amines) is 1. The largest absolute Gasteiger partial charge is 0.357 e. The van der Waals surface area contributed by atoms with Crippen LogP contribution in [-0.4, -0.2) is 48.5 Å². The molecule has 1 aliphatic rings. The van der Waals surface area contributed by atoms with Crippen LogP contribution in [0.2, 0.25) is 0 Å². The van der Waals surface area contributed by atoms with Crippen LogP contribution in [0.25, 0.3) is 0 Å². The molecule has 2 N–H and O–H groups in total. The van der Waals surface area contributed by atoms with Gasteiger partial charge in [-0.3, -0.25) is 9.79 Å². The van der Waals surface area contributed by atoms with Gasteiger partial charge in [-0.2, -0.15) is 0 Å². The van der Waals surface area contributed by atoms with Crippen molar-refractivity contribution in [3.05, 3.63) is 0 Å². The summed E-state index contributed by atoms with van der Waals surface area (Å²) in [5, 5.41) is 6.51. The van der Waals surface area contributed by atoms with Crippen LogP contribution in [0.1, 0.15) is 47.0 Å². The molecule has 1 saturated heterocycles. The van der Waals surface area contributed by atoms with E-state index in [1.807, 2.05) is 11.8 Å². The van der Waals surface area contributed by atoms with E-state index in [0.29, 0.717) is 13.0 Å². The lowest BCUT2D eigenvalue weighted by molar-refractivity contribution is -0.129. The Balaban J connectivity index is 2.39. The Labute approximate surface area is 116 Å². The number of hydrogen-bond acceptors (Lipinski definition) is 2. The molecule has 0 aromatic heterocycles. The van der Waals surface area contributed by atoms with Crippen molar-refractivity contribution in [2.24, 2.45) is 4.99 Å². The smallest absolute Gasteiger partial charge is 0.224 e. The Morgan fingerprint density at radius 3 is 2.42 bits per heavy atom. The average molecular weight is 268 g/mol. The van der Waals surface area contributed by atoms with Crippen LogP contribution in [0.3, 0.4) is 0 Å². The fourth-order valence-electron chi connectivity index (χ4n) is 2.05. The summed E-state index contributed by atoms with van der Waals surface area (Å²) in [6, 6.07) is 0. The highest BCUT2D eigenvalue weighted by Crippen LogP contribution is 2.08. The SMILES string of the molecule is CCNC(=NCCC(=O)N1CCCC1)NC(C)(C)C. The molecule has 0 atom stereocenters. The molecular weight excluding hydrogens is 240 g/mol. The first-order chi connectivity index (χ1) is 8.92. The van der Waals surface area contributed by atoms with Crippen molar-refractivity contribution in [1.29, 1.82) is 0 Å². The summed E-state index contributed by atoms with van der Waals surface area (Å²) in [5.74, 6) is 1.01. The molecule has 1 fully saturated rings. The van der Waals surface area contributed by atoms with Gasteiger partial charge in [0.2, 0.25) is 5.91 Å². The summed E-state index contributed by atoms with van der Waals surface area (Å²) < 4.78 is 0. The van der Waals surface area contributed by atoms with Crippen molar-refractivity contribution in [2.45, 2.75) is 52.5 Å². The minimum Gasteiger partial charge on any atom is -0.357 e. The van der Waals surface area contributed by atoms with Crippen molar-refractivity contribution in [2.75, 3.05) is 26.2 Å². The molecule has 110 valence electrons. The summed E-state index contributed by atoms with van der Waals surface area (Å²) >= 11 is 0. The lowest BCUT2D eigenvalue weighted by Crippen LogP contribution is -2.47. The van der Waals surface area contributed by atoms with Crippen LogP contribution >= 0.6 is 0 Å². The molecule has 0 bridgehead atoms. The summed E-state index contributed by atoms with van der Waals surface area (Å²) in [7, 11) is 0. The molecule has 5 nitrogen and oxygen atoms in total. The molecule has 1 aliphatic heterocycles.